The highest BCUT2D eigenvalue weighted by Gasteiger charge is 2.43. The van der Waals surface area contributed by atoms with Gasteiger partial charge in [-0.1, -0.05) is 76.7 Å². The Balaban J connectivity index is 2.75. The van der Waals surface area contributed by atoms with Gasteiger partial charge in [-0.3, -0.25) is 14.4 Å². The first kappa shape index (κ1) is 31.4. The standard InChI is InChI=1S/C28H46N2O6/c1-4-6-8-10-11-12-13-14-15-17-22(35-28(34)24(20-26(29)32)30-21(3)31)19-25-23(27(33)36-25)18-16-9-7-5-2/h11-12,14-15,22-25H,4-10,13,16-20H2,1-3H3,(H2,29,32)(H,30,31)/b12-11+,15-14+/t22-,23-,24+,25-/m1/s1. The second-order valence-corrected chi connectivity index (χ2v) is 9.56. The molecule has 1 heterocycles. The number of cyclic esters (lactones) is 1. The molecule has 0 saturated carbocycles. The number of primary amides is 1. The molecule has 1 saturated heterocycles. The predicted octanol–water partition coefficient (Wildman–Crippen LogP) is 4.65. The maximum Gasteiger partial charge on any atom is 0.329 e. The molecule has 0 aromatic carbocycles. The molecule has 1 fully saturated rings. The summed E-state index contributed by atoms with van der Waals surface area (Å²) >= 11 is 0. The summed E-state index contributed by atoms with van der Waals surface area (Å²) in [4.78, 5) is 47.7. The smallest absolute Gasteiger partial charge is 0.329 e. The van der Waals surface area contributed by atoms with Gasteiger partial charge in [0.2, 0.25) is 11.8 Å². The highest BCUT2D eigenvalue weighted by molar-refractivity contribution is 5.88. The number of allylic oxidation sites excluding steroid dienone is 3. The Morgan fingerprint density at radius 2 is 1.72 bits per heavy atom. The Morgan fingerprint density at radius 3 is 2.36 bits per heavy atom. The molecule has 0 aromatic rings. The lowest BCUT2D eigenvalue weighted by molar-refractivity contribution is -0.190. The molecule has 8 heteroatoms. The maximum atomic E-state index is 12.8. The Hall–Kier alpha value is -2.64. The van der Waals surface area contributed by atoms with Crippen molar-refractivity contribution in [2.24, 2.45) is 11.7 Å². The number of unbranched alkanes of at least 4 members (excludes halogenated alkanes) is 6. The van der Waals surface area contributed by atoms with Gasteiger partial charge in [-0.2, -0.15) is 0 Å². The summed E-state index contributed by atoms with van der Waals surface area (Å²) in [5.74, 6) is -2.28. The van der Waals surface area contributed by atoms with Crippen LogP contribution in [0.2, 0.25) is 0 Å². The van der Waals surface area contributed by atoms with E-state index < -0.39 is 29.9 Å². The van der Waals surface area contributed by atoms with Crippen LogP contribution in [0.25, 0.3) is 0 Å². The van der Waals surface area contributed by atoms with Crippen molar-refractivity contribution in [3.63, 3.8) is 0 Å². The van der Waals surface area contributed by atoms with E-state index in [0.717, 1.165) is 44.9 Å². The Morgan fingerprint density at radius 1 is 1.03 bits per heavy atom. The highest BCUT2D eigenvalue weighted by Crippen LogP contribution is 2.32. The van der Waals surface area contributed by atoms with Gasteiger partial charge in [0.05, 0.1) is 12.3 Å². The first-order valence-electron chi connectivity index (χ1n) is 13.5. The minimum Gasteiger partial charge on any atom is -0.461 e. The van der Waals surface area contributed by atoms with E-state index in [1.54, 1.807) is 0 Å². The summed E-state index contributed by atoms with van der Waals surface area (Å²) in [5.41, 5.74) is 5.24. The molecule has 0 unspecified atom stereocenters. The summed E-state index contributed by atoms with van der Waals surface area (Å²) < 4.78 is 11.1. The van der Waals surface area contributed by atoms with Crippen LogP contribution < -0.4 is 11.1 Å². The fourth-order valence-corrected chi connectivity index (χ4v) is 4.19. The highest BCUT2D eigenvalue weighted by atomic mass is 16.6. The van der Waals surface area contributed by atoms with Gasteiger partial charge in [0.25, 0.3) is 0 Å². The number of esters is 2. The second-order valence-electron chi connectivity index (χ2n) is 9.56. The number of carbonyl (C=O) groups excluding carboxylic acids is 4. The molecule has 0 bridgehead atoms. The van der Waals surface area contributed by atoms with Crippen LogP contribution in [0.5, 0.6) is 0 Å². The third-order valence-corrected chi connectivity index (χ3v) is 6.21. The van der Waals surface area contributed by atoms with Crippen molar-refractivity contribution in [3.8, 4) is 0 Å². The third-order valence-electron chi connectivity index (χ3n) is 6.21. The SMILES string of the molecule is CCCCC/C=C/C/C=C/C[C@H](C[C@H]1OC(=O)[C@@H]1CCCCCC)OC(=O)[C@H](CC(N)=O)NC(C)=O. The third kappa shape index (κ3) is 13.4. The molecule has 36 heavy (non-hydrogen) atoms. The van der Waals surface area contributed by atoms with E-state index in [4.69, 9.17) is 15.2 Å². The summed E-state index contributed by atoms with van der Waals surface area (Å²) in [6, 6.07) is -1.15. The zero-order chi connectivity index (χ0) is 26.8. The number of hydrogen-bond acceptors (Lipinski definition) is 6. The average Bonchev–Trinajstić information content (AvgIpc) is 2.81. The fraction of sp³-hybridized carbons (Fsp3) is 0.714. The summed E-state index contributed by atoms with van der Waals surface area (Å²) in [6.45, 7) is 5.58. The van der Waals surface area contributed by atoms with Gasteiger partial charge < -0.3 is 20.5 Å². The molecule has 0 radical (unpaired) electrons. The molecule has 0 aromatic heterocycles. The predicted molar refractivity (Wildman–Crippen MR) is 140 cm³/mol. The zero-order valence-corrected chi connectivity index (χ0v) is 22.3. The van der Waals surface area contributed by atoms with Crippen molar-refractivity contribution >= 4 is 23.8 Å². The largest absolute Gasteiger partial charge is 0.461 e. The van der Waals surface area contributed by atoms with Gasteiger partial charge in [-0.25, -0.2) is 4.79 Å². The number of nitrogens with one attached hydrogen (secondary N) is 1. The molecule has 0 spiro atoms. The molecule has 1 aliphatic rings. The molecule has 3 N–H and O–H groups in total. The van der Waals surface area contributed by atoms with Gasteiger partial charge in [0.1, 0.15) is 18.2 Å². The van der Waals surface area contributed by atoms with E-state index in [1.165, 1.54) is 26.2 Å². The molecule has 2 amide bonds. The van der Waals surface area contributed by atoms with Crippen LogP contribution in [0.4, 0.5) is 0 Å². The van der Waals surface area contributed by atoms with Crippen LogP contribution in [-0.4, -0.2) is 42.0 Å². The van der Waals surface area contributed by atoms with Crippen molar-refractivity contribution in [2.75, 3.05) is 0 Å². The number of rotatable bonds is 20. The van der Waals surface area contributed by atoms with E-state index in [2.05, 4.69) is 31.3 Å². The van der Waals surface area contributed by atoms with Gasteiger partial charge in [-0.05, 0) is 25.7 Å². The maximum absolute atomic E-state index is 12.8. The van der Waals surface area contributed by atoms with Crippen molar-refractivity contribution in [1.82, 2.24) is 5.32 Å². The summed E-state index contributed by atoms with van der Waals surface area (Å²) in [5, 5.41) is 2.43. The normalized spacial score (nSPS) is 19.0. The molecule has 1 aliphatic heterocycles. The fourth-order valence-electron chi connectivity index (χ4n) is 4.19. The van der Waals surface area contributed by atoms with E-state index in [-0.39, 0.29) is 24.4 Å². The molecule has 204 valence electrons. The Labute approximate surface area is 216 Å². The van der Waals surface area contributed by atoms with Crippen molar-refractivity contribution in [3.05, 3.63) is 24.3 Å². The number of carbonyl (C=O) groups is 4. The molecule has 4 atom stereocenters. The minimum absolute atomic E-state index is 0.185. The number of amides is 2. The summed E-state index contributed by atoms with van der Waals surface area (Å²) in [7, 11) is 0. The Kier molecular flexibility index (Phi) is 16.2. The van der Waals surface area contributed by atoms with Gasteiger partial charge in [0, 0.05) is 19.8 Å². The van der Waals surface area contributed by atoms with Crippen LogP contribution in [0, 0.1) is 5.92 Å². The molecule has 1 rings (SSSR count). The topological polar surface area (TPSA) is 125 Å². The summed E-state index contributed by atoms with van der Waals surface area (Å²) in [6.07, 6.45) is 18.4. The molecular weight excluding hydrogens is 460 g/mol. The van der Waals surface area contributed by atoms with Crippen LogP contribution in [0.15, 0.2) is 24.3 Å². The Bertz CT molecular complexity index is 732. The average molecular weight is 507 g/mol. The van der Waals surface area contributed by atoms with E-state index in [9.17, 15) is 19.2 Å². The monoisotopic (exact) mass is 506 g/mol. The van der Waals surface area contributed by atoms with E-state index >= 15 is 0 Å². The number of hydrogen-bond donors (Lipinski definition) is 2. The molecule has 8 nitrogen and oxygen atoms in total. The van der Waals surface area contributed by atoms with Gasteiger partial charge in [-0.15, -0.1) is 0 Å². The van der Waals surface area contributed by atoms with Crippen LogP contribution in [0.3, 0.4) is 0 Å². The van der Waals surface area contributed by atoms with Crippen molar-refractivity contribution in [1.29, 1.82) is 0 Å². The van der Waals surface area contributed by atoms with Crippen molar-refractivity contribution < 1.29 is 28.7 Å². The van der Waals surface area contributed by atoms with E-state index in [0.29, 0.717) is 12.8 Å². The first-order valence-corrected chi connectivity index (χ1v) is 13.5. The zero-order valence-electron chi connectivity index (χ0n) is 22.3. The van der Waals surface area contributed by atoms with Crippen molar-refractivity contribution in [2.45, 2.75) is 122 Å². The van der Waals surface area contributed by atoms with Crippen LogP contribution in [0.1, 0.15) is 104 Å². The molecular formula is C28H46N2O6. The van der Waals surface area contributed by atoms with Gasteiger partial charge >= 0.3 is 11.9 Å². The van der Waals surface area contributed by atoms with E-state index in [1.807, 2.05) is 12.2 Å². The van der Waals surface area contributed by atoms with Gasteiger partial charge in [0.15, 0.2) is 0 Å². The van der Waals surface area contributed by atoms with Crippen LogP contribution in [-0.2, 0) is 28.7 Å². The first-order chi connectivity index (χ1) is 17.3. The minimum atomic E-state index is -1.15. The van der Waals surface area contributed by atoms with Crippen LogP contribution >= 0.6 is 0 Å². The lowest BCUT2D eigenvalue weighted by Crippen LogP contribution is -2.48. The number of ether oxygens (including phenoxy) is 2. The number of nitrogens with two attached hydrogens (primary N) is 1. The lowest BCUT2D eigenvalue weighted by atomic mass is 9.87. The molecule has 0 aliphatic carbocycles. The quantitative estimate of drug-likeness (QED) is 0.141. The second kappa shape index (κ2) is 18.6. The lowest BCUT2D eigenvalue weighted by Gasteiger charge is -2.37.